The van der Waals surface area contributed by atoms with E-state index in [-0.39, 0.29) is 5.41 Å². The summed E-state index contributed by atoms with van der Waals surface area (Å²) in [4.78, 5) is 0.820. The first-order valence-corrected chi connectivity index (χ1v) is 5.37. The van der Waals surface area contributed by atoms with Crippen molar-refractivity contribution < 1.29 is 9.47 Å². The lowest BCUT2D eigenvalue weighted by atomic mass is 9.99. The second-order valence-electron chi connectivity index (χ2n) is 4.68. The van der Waals surface area contributed by atoms with E-state index >= 15 is 0 Å². The maximum Gasteiger partial charge on any atom is 0.135 e. The fourth-order valence-corrected chi connectivity index (χ4v) is 1.28. The predicted molar refractivity (Wildman–Crippen MR) is 65.2 cm³/mol. The number of rotatable bonds is 3. The molecule has 0 amide bonds. The molecular weight excluding hydrogens is 208 g/mol. The molecule has 3 heteroatoms. The van der Waals surface area contributed by atoms with Crippen molar-refractivity contribution >= 4 is 12.6 Å². The van der Waals surface area contributed by atoms with Gasteiger partial charge in [-0.3, -0.25) is 0 Å². The number of hydrogen-bond acceptors (Lipinski definition) is 3. The second kappa shape index (κ2) is 4.79. The van der Waals surface area contributed by atoms with Gasteiger partial charge in [0.15, 0.2) is 0 Å². The Morgan fingerprint density at radius 3 is 2.47 bits per heavy atom. The molecule has 0 fully saturated rings. The summed E-state index contributed by atoms with van der Waals surface area (Å²) < 4.78 is 10.8. The Kier molecular flexibility index (Phi) is 3.91. The van der Waals surface area contributed by atoms with Gasteiger partial charge < -0.3 is 9.47 Å². The van der Waals surface area contributed by atoms with Gasteiger partial charge in [-0.2, -0.15) is 0 Å². The van der Waals surface area contributed by atoms with Crippen molar-refractivity contribution in [3.8, 4) is 11.5 Å². The van der Waals surface area contributed by atoms with Gasteiger partial charge in [-0.05, 0) is 17.5 Å². The van der Waals surface area contributed by atoms with Crippen molar-refractivity contribution in [2.75, 3.05) is 13.7 Å². The van der Waals surface area contributed by atoms with Crippen LogP contribution in [-0.2, 0) is 0 Å². The molecule has 0 spiro atoms. The average Bonchev–Trinajstić information content (AvgIpc) is 2.15. The molecule has 15 heavy (non-hydrogen) atoms. The highest BCUT2D eigenvalue weighted by Crippen LogP contribution is 2.28. The van der Waals surface area contributed by atoms with E-state index in [0.29, 0.717) is 6.61 Å². The fourth-order valence-electron chi connectivity index (χ4n) is 1.05. The van der Waals surface area contributed by atoms with E-state index in [0.717, 1.165) is 16.4 Å². The minimum atomic E-state index is 0.160. The van der Waals surface area contributed by atoms with Crippen molar-refractivity contribution in [2.45, 2.75) is 25.7 Å². The molecule has 0 heterocycles. The quantitative estimate of drug-likeness (QED) is 0.796. The minimum Gasteiger partial charge on any atom is -0.495 e. The molecule has 0 unspecified atom stereocenters. The highest BCUT2D eigenvalue weighted by molar-refractivity contribution is 7.80. The third-order valence-electron chi connectivity index (χ3n) is 1.82. The van der Waals surface area contributed by atoms with Crippen molar-refractivity contribution in [2.24, 2.45) is 5.41 Å². The van der Waals surface area contributed by atoms with Gasteiger partial charge in [-0.25, -0.2) is 0 Å². The predicted octanol–water partition coefficient (Wildman–Crippen LogP) is 3.41. The molecule has 0 aliphatic heterocycles. The molecule has 1 aromatic carbocycles. The Morgan fingerprint density at radius 1 is 1.27 bits per heavy atom. The normalized spacial score (nSPS) is 11.3. The smallest absolute Gasteiger partial charge is 0.135 e. The van der Waals surface area contributed by atoms with Gasteiger partial charge >= 0.3 is 0 Å². The molecule has 0 aromatic heterocycles. The summed E-state index contributed by atoms with van der Waals surface area (Å²) in [7, 11) is 1.63. The van der Waals surface area contributed by atoms with Crippen LogP contribution >= 0.6 is 12.6 Å². The maximum atomic E-state index is 5.65. The number of thiol groups is 1. The van der Waals surface area contributed by atoms with Gasteiger partial charge in [0, 0.05) is 11.0 Å². The van der Waals surface area contributed by atoms with Crippen LogP contribution in [0.3, 0.4) is 0 Å². The molecule has 1 aromatic rings. The van der Waals surface area contributed by atoms with E-state index in [9.17, 15) is 0 Å². The molecule has 0 radical (unpaired) electrons. The van der Waals surface area contributed by atoms with Crippen LogP contribution in [0, 0.1) is 5.41 Å². The van der Waals surface area contributed by atoms with Crippen LogP contribution in [0.25, 0.3) is 0 Å². The molecule has 0 saturated heterocycles. The molecule has 0 bridgehead atoms. The first kappa shape index (κ1) is 12.2. The Hall–Kier alpha value is -0.830. The molecule has 1 rings (SSSR count). The van der Waals surface area contributed by atoms with Crippen molar-refractivity contribution in [3.05, 3.63) is 18.2 Å². The Balaban J connectivity index is 2.70. The first-order chi connectivity index (χ1) is 6.92. The van der Waals surface area contributed by atoms with Crippen LogP contribution in [0.4, 0.5) is 0 Å². The average molecular weight is 226 g/mol. The van der Waals surface area contributed by atoms with E-state index in [2.05, 4.69) is 33.4 Å². The van der Waals surface area contributed by atoms with Crippen LogP contribution in [0.2, 0.25) is 0 Å². The minimum absolute atomic E-state index is 0.160. The highest BCUT2D eigenvalue weighted by atomic mass is 32.1. The molecule has 84 valence electrons. The van der Waals surface area contributed by atoms with E-state index in [1.807, 2.05) is 18.2 Å². The summed E-state index contributed by atoms with van der Waals surface area (Å²) in [5.41, 5.74) is 0.160. The van der Waals surface area contributed by atoms with E-state index in [1.54, 1.807) is 7.11 Å². The number of methoxy groups -OCH3 is 1. The van der Waals surface area contributed by atoms with Gasteiger partial charge in [0.1, 0.15) is 11.5 Å². The van der Waals surface area contributed by atoms with Crippen LogP contribution < -0.4 is 9.47 Å². The highest BCUT2D eigenvalue weighted by Gasteiger charge is 2.11. The summed E-state index contributed by atoms with van der Waals surface area (Å²) in [5, 5.41) is 0. The zero-order valence-electron chi connectivity index (χ0n) is 9.70. The van der Waals surface area contributed by atoms with Crippen molar-refractivity contribution in [3.63, 3.8) is 0 Å². The van der Waals surface area contributed by atoms with Crippen LogP contribution in [0.15, 0.2) is 23.1 Å². The zero-order valence-corrected chi connectivity index (χ0v) is 10.6. The number of ether oxygens (including phenoxy) is 2. The lowest BCUT2D eigenvalue weighted by Crippen LogP contribution is -2.16. The number of benzene rings is 1. The molecule has 0 atom stereocenters. The maximum absolute atomic E-state index is 5.65. The molecule has 0 aliphatic rings. The van der Waals surface area contributed by atoms with Gasteiger partial charge in [0.2, 0.25) is 0 Å². The SMILES string of the molecule is COc1cc(OCC(C)(C)C)ccc1S. The summed E-state index contributed by atoms with van der Waals surface area (Å²) >= 11 is 4.27. The lowest BCUT2D eigenvalue weighted by molar-refractivity contribution is 0.197. The van der Waals surface area contributed by atoms with Crippen LogP contribution in [-0.4, -0.2) is 13.7 Å². The zero-order chi connectivity index (χ0) is 11.5. The Bertz CT molecular complexity index is 329. The van der Waals surface area contributed by atoms with E-state index in [4.69, 9.17) is 9.47 Å². The summed E-state index contributed by atoms with van der Waals surface area (Å²) in [6.45, 7) is 7.09. The Morgan fingerprint density at radius 2 is 1.93 bits per heavy atom. The topological polar surface area (TPSA) is 18.5 Å². The molecule has 0 saturated carbocycles. The Labute approximate surface area is 97.0 Å². The second-order valence-corrected chi connectivity index (χ2v) is 5.16. The summed E-state index contributed by atoms with van der Waals surface area (Å²) in [6, 6.07) is 5.63. The van der Waals surface area contributed by atoms with Gasteiger partial charge in [-0.1, -0.05) is 20.8 Å². The number of hydrogen-bond donors (Lipinski definition) is 1. The van der Waals surface area contributed by atoms with Crippen molar-refractivity contribution in [1.29, 1.82) is 0 Å². The molecule has 0 N–H and O–H groups in total. The molecular formula is C12H18O2S. The summed E-state index contributed by atoms with van der Waals surface area (Å²) in [5.74, 6) is 1.56. The third-order valence-corrected chi connectivity index (χ3v) is 2.19. The lowest BCUT2D eigenvalue weighted by Gasteiger charge is -2.19. The van der Waals surface area contributed by atoms with Gasteiger partial charge in [-0.15, -0.1) is 12.6 Å². The standard InChI is InChI=1S/C12H18O2S/c1-12(2,3)8-14-9-5-6-11(15)10(7-9)13-4/h5-7,15H,8H2,1-4H3. The summed E-state index contributed by atoms with van der Waals surface area (Å²) in [6.07, 6.45) is 0. The monoisotopic (exact) mass is 226 g/mol. The van der Waals surface area contributed by atoms with Crippen molar-refractivity contribution in [1.82, 2.24) is 0 Å². The molecule has 0 aliphatic carbocycles. The van der Waals surface area contributed by atoms with E-state index in [1.165, 1.54) is 0 Å². The largest absolute Gasteiger partial charge is 0.495 e. The van der Waals surface area contributed by atoms with Crippen LogP contribution in [0.1, 0.15) is 20.8 Å². The third kappa shape index (κ3) is 4.04. The van der Waals surface area contributed by atoms with Gasteiger partial charge in [0.05, 0.1) is 13.7 Å². The molecule has 2 nitrogen and oxygen atoms in total. The fraction of sp³-hybridized carbons (Fsp3) is 0.500. The first-order valence-electron chi connectivity index (χ1n) is 4.92. The van der Waals surface area contributed by atoms with Crippen LogP contribution in [0.5, 0.6) is 11.5 Å². The van der Waals surface area contributed by atoms with Gasteiger partial charge in [0.25, 0.3) is 0 Å². The van der Waals surface area contributed by atoms with E-state index < -0.39 is 0 Å².